The average Bonchev–Trinajstić information content (AvgIpc) is 3.20. The van der Waals surface area contributed by atoms with Crippen molar-refractivity contribution in [2.24, 2.45) is 0 Å². The van der Waals surface area contributed by atoms with Gasteiger partial charge in [-0.15, -0.1) is 0 Å². The number of alkyl halides is 6. The second-order valence-electron chi connectivity index (χ2n) is 12.4. The Kier molecular flexibility index (Phi) is 9.83. The number of carbonyl (C=O) groups excluding carboxylic acids is 3. The van der Waals surface area contributed by atoms with E-state index >= 15 is 0 Å². The van der Waals surface area contributed by atoms with Crippen LogP contribution in [0.1, 0.15) is 58.4 Å². The lowest BCUT2D eigenvalue weighted by Gasteiger charge is -2.46. The van der Waals surface area contributed by atoms with Crippen molar-refractivity contribution in [3.8, 4) is 5.75 Å². The number of hydrogen-bond donors (Lipinski definition) is 2. The molecular formula is C32H37F6N5O5. The molecule has 10 nitrogen and oxygen atoms in total. The van der Waals surface area contributed by atoms with E-state index < -0.39 is 65.5 Å². The number of anilines is 1. The number of benzene rings is 1. The monoisotopic (exact) mass is 685 g/mol. The zero-order valence-electron chi connectivity index (χ0n) is 27.1. The van der Waals surface area contributed by atoms with Crippen LogP contribution in [-0.4, -0.2) is 87.9 Å². The predicted octanol–water partition coefficient (Wildman–Crippen LogP) is 5.11. The van der Waals surface area contributed by atoms with Gasteiger partial charge in [-0.1, -0.05) is 18.2 Å². The van der Waals surface area contributed by atoms with Crippen LogP contribution in [-0.2, 0) is 20.7 Å². The van der Waals surface area contributed by atoms with E-state index in [0.29, 0.717) is 17.9 Å². The Morgan fingerprint density at radius 2 is 1.73 bits per heavy atom. The number of nitrogens with one attached hydrogen (secondary N) is 1. The van der Waals surface area contributed by atoms with Crippen molar-refractivity contribution in [1.29, 1.82) is 0 Å². The van der Waals surface area contributed by atoms with Crippen molar-refractivity contribution in [3.63, 3.8) is 0 Å². The van der Waals surface area contributed by atoms with Gasteiger partial charge in [-0.25, -0.2) is 4.79 Å². The van der Waals surface area contributed by atoms with Crippen LogP contribution in [0.25, 0.3) is 6.08 Å². The van der Waals surface area contributed by atoms with Crippen molar-refractivity contribution in [2.45, 2.75) is 83.2 Å². The van der Waals surface area contributed by atoms with E-state index in [4.69, 9.17) is 4.74 Å². The van der Waals surface area contributed by atoms with Crippen molar-refractivity contribution < 1.29 is 50.6 Å². The molecule has 1 aromatic heterocycles. The number of piperazine rings is 1. The summed E-state index contributed by atoms with van der Waals surface area (Å²) in [6, 6.07) is 3.67. The highest BCUT2D eigenvalue weighted by Gasteiger charge is 2.71. The van der Waals surface area contributed by atoms with Gasteiger partial charge < -0.3 is 25.0 Å². The molecule has 16 heteroatoms. The van der Waals surface area contributed by atoms with Crippen molar-refractivity contribution in [2.75, 3.05) is 24.5 Å². The first-order chi connectivity index (χ1) is 22.1. The van der Waals surface area contributed by atoms with E-state index in [0.717, 1.165) is 11.0 Å². The molecule has 2 aliphatic rings. The number of carbonyl (C=O) groups is 3. The Labute approximate surface area is 273 Å². The second-order valence-corrected chi connectivity index (χ2v) is 12.4. The Morgan fingerprint density at radius 3 is 2.27 bits per heavy atom. The first-order valence-electron chi connectivity index (χ1n) is 15.1. The minimum Gasteiger partial charge on any atom is -0.489 e. The predicted molar refractivity (Wildman–Crippen MR) is 163 cm³/mol. The summed E-state index contributed by atoms with van der Waals surface area (Å²) in [7, 11) is 0. The molecule has 0 spiro atoms. The molecule has 0 radical (unpaired) electrons. The van der Waals surface area contributed by atoms with Gasteiger partial charge in [0.25, 0.3) is 11.5 Å². The van der Waals surface area contributed by atoms with Crippen LogP contribution in [0, 0.1) is 0 Å². The van der Waals surface area contributed by atoms with Crippen molar-refractivity contribution >= 4 is 29.6 Å². The van der Waals surface area contributed by atoms with E-state index in [9.17, 15) is 45.8 Å². The molecule has 1 aromatic carbocycles. The van der Waals surface area contributed by atoms with E-state index in [1.54, 1.807) is 30.9 Å². The molecule has 0 bridgehead atoms. The van der Waals surface area contributed by atoms with Crippen LogP contribution < -0.4 is 15.0 Å². The molecular weight excluding hydrogens is 648 g/mol. The lowest BCUT2D eigenvalue weighted by atomic mass is 9.89. The molecule has 2 aliphatic heterocycles. The number of ether oxygens (including phenoxy) is 1. The summed E-state index contributed by atoms with van der Waals surface area (Å²) in [5, 5.41) is 12.5. The highest BCUT2D eigenvalue weighted by atomic mass is 19.4. The number of nitrogens with zero attached hydrogens (tertiary/aromatic N) is 4. The minimum absolute atomic E-state index is 0.00298. The number of hydrogen-bond acceptors (Lipinski definition) is 7. The lowest BCUT2D eigenvalue weighted by molar-refractivity contribution is -0.376. The maximum atomic E-state index is 13.6. The number of urea groups is 1. The molecule has 2 saturated heterocycles. The van der Waals surface area contributed by atoms with Gasteiger partial charge in [0.05, 0.1) is 18.0 Å². The molecule has 4 amide bonds. The summed E-state index contributed by atoms with van der Waals surface area (Å²) in [6.45, 7) is 9.70. The number of allylic oxidation sites excluding steroid dienone is 1. The summed E-state index contributed by atoms with van der Waals surface area (Å²) in [4.78, 5) is 48.1. The van der Waals surface area contributed by atoms with Gasteiger partial charge in [0, 0.05) is 36.4 Å². The molecule has 262 valence electrons. The third-order valence-electron chi connectivity index (χ3n) is 8.42. The number of aliphatic hydroxyl groups is 1. The average molecular weight is 686 g/mol. The largest absolute Gasteiger partial charge is 0.489 e. The van der Waals surface area contributed by atoms with Gasteiger partial charge in [-0.3, -0.25) is 19.5 Å². The zero-order valence-corrected chi connectivity index (χ0v) is 27.1. The van der Waals surface area contributed by atoms with Crippen LogP contribution >= 0.6 is 0 Å². The van der Waals surface area contributed by atoms with Gasteiger partial charge in [0.2, 0.25) is 5.91 Å². The highest BCUT2D eigenvalue weighted by Crippen LogP contribution is 2.50. The van der Waals surface area contributed by atoms with E-state index in [2.05, 4.69) is 10.3 Å². The molecule has 48 heavy (non-hydrogen) atoms. The lowest BCUT2D eigenvalue weighted by Crippen LogP contribution is -2.60. The van der Waals surface area contributed by atoms with Crippen LogP contribution in [0.15, 0.2) is 42.6 Å². The molecule has 4 rings (SSSR count). The van der Waals surface area contributed by atoms with E-state index in [1.165, 1.54) is 37.1 Å². The second kappa shape index (κ2) is 12.9. The van der Waals surface area contributed by atoms with Crippen LogP contribution in [0.2, 0.25) is 0 Å². The fourth-order valence-electron chi connectivity index (χ4n) is 5.91. The molecule has 3 atom stereocenters. The molecule has 2 fully saturated rings. The van der Waals surface area contributed by atoms with Crippen molar-refractivity contribution in [3.05, 3.63) is 59.4 Å². The minimum atomic E-state index is -6.04. The van der Waals surface area contributed by atoms with Gasteiger partial charge in [0.1, 0.15) is 12.3 Å². The molecule has 0 aliphatic carbocycles. The van der Waals surface area contributed by atoms with Crippen LogP contribution in [0.3, 0.4) is 0 Å². The number of rotatable bonds is 8. The Balaban J connectivity index is 1.52. The summed E-state index contributed by atoms with van der Waals surface area (Å²) in [5.74, 6) is -0.750. The topological polar surface area (TPSA) is 115 Å². The molecule has 1 unspecified atom stereocenters. The number of amides is 4. The Bertz CT molecular complexity index is 1560. The summed E-state index contributed by atoms with van der Waals surface area (Å²) < 4.78 is 87.0. The number of aromatic nitrogens is 1. The number of halogens is 6. The van der Waals surface area contributed by atoms with E-state index in [-0.39, 0.29) is 36.1 Å². The molecule has 3 heterocycles. The molecule has 2 aromatic rings. The maximum Gasteiger partial charge on any atom is 0.430 e. The van der Waals surface area contributed by atoms with Crippen LogP contribution in [0.5, 0.6) is 5.75 Å². The third-order valence-corrected chi connectivity index (χ3v) is 8.42. The Hall–Kier alpha value is -4.34. The maximum absolute atomic E-state index is 13.6. The summed E-state index contributed by atoms with van der Waals surface area (Å²) in [5.41, 5.74) is -7.48. The fraction of sp³-hybridized carbons (Fsp3) is 0.500. The van der Waals surface area contributed by atoms with Gasteiger partial charge in [-0.2, -0.15) is 26.3 Å². The normalized spacial score (nSPS) is 22.6. The van der Waals surface area contributed by atoms with Gasteiger partial charge >= 0.3 is 18.4 Å². The van der Waals surface area contributed by atoms with E-state index in [1.807, 2.05) is 13.8 Å². The quantitative estimate of drug-likeness (QED) is 0.294. The standard InChI is InChI=1S/C32H37F6N5O5/c1-7-8-21-13-22(30(47,31(33,34)35)32(36,37)38)9-11-24(21)41-15-20(5)42(16-19(41)4)26(44)17-43-27(45)29(6,40-28(43)46)25-12-10-23(14-39-25)48-18(2)3/h7-14,18-20,47H,15-17H2,1-6H3,(H,40,46)/b8-7-/t19?,20-,29+/m1/s1. The zero-order chi connectivity index (χ0) is 36.0. The molecule has 2 N–H and O–H groups in total. The SMILES string of the molecule is C/C=C\c1cc(C(O)(C(F)(F)F)C(F)(F)F)ccc1N1C[C@@H](C)N(C(=O)CN2C(=O)N[C@@](C)(c3ccc(OC(C)C)cn3)C2=O)CC1C. The third kappa shape index (κ3) is 6.54. The first kappa shape index (κ1) is 36.5. The molecule has 0 saturated carbocycles. The summed E-state index contributed by atoms with van der Waals surface area (Å²) >= 11 is 0. The fourth-order valence-corrected chi connectivity index (χ4v) is 5.91. The first-order valence-corrected chi connectivity index (χ1v) is 15.1. The van der Waals surface area contributed by atoms with Crippen LogP contribution in [0.4, 0.5) is 36.8 Å². The van der Waals surface area contributed by atoms with Crippen molar-refractivity contribution in [1.82, 2.24) is 20.1 Å². The Morgan fingerprint density at radius 1 is 1.08 bits per heavy atom. The number of imide groups is 1. The van der Waals surface area contributed by atoms with Gasteiger partial charge in [-0.05, 0) is 71.4 Å². The summed E-state index contributed by atoms with van der Waals surface area (Å²) in [6.07, 6.45) is -7.99. The number of pyridine rings is 1. The van der Waals surface area contributed by atoms with Gasteiger partial charge in [0.15, 0.2) is 5.54 Å². The smallest absolute Gasteiger partial charge is 0.430 e. The highest BCUT2D eigenvalue weighted by molar-refractivity contribution is 6.09.